The van der Waals surface area contributed by atoms with Crippen LogP contribution in [0.5, 0.6) is 0 Å². The van der Waals surface area contributed by atoms with Crippen LogP contribution in [-0.4, -0.2) is 31.7 Å². The van der Waals surface area contributed by atoms with E-state index in [1.54, 1.807) is 11.8 Å². The maximum atomic E-state index is 11.6. The Morgan fingerprint density at radius 1 is 1.47 bits per heavy atom. The van der Waals surface area contributed by atoms with Crippen molar-refractivity contribution >= 4 is 53.5 Å². The SMILES string of the molecule is CCOC(=O)C1SC(c2ccc(Br)cc2)=C[Se]1. The number of ether oxygens (including phenoxy) is 1. The van der Waals surface area contributed by atoms with Crippen molar-refractivity contribution in [1.29, 1.82) is 0 Å². The molecule has 1 atom stereocenters. The Labute approximate surface area is 119 Å². The topological polar surface area (TPSA) is 26.3 Å². The fourth-order valence-electron chi connectivity index (χ4n) is 1.36. The Kier molecular flexibility index (Phi) is 4.74. The Hall–Kier alpha value is -0.221. The zero-order valence-corrected chi connectivity index (χ0v) is 13.3. The molecule has 0 spiro atoms. The summed E-state index contributed by atoms with van der Waals surface area (Å²) in [4.78, 5) is 15.0. The second-order valence-corrected chi connectivity index (χ2v) is 8.12. The normalized spacial score (nSPS) is 18.9. The molecule has 0 radical (unpaired) electrons. The van der Waals surface area contributed by atoms with Crippen LogP contribution in [0.4, 0.5) is 0 Å². The molecule has 0 N–H and O–H groups in total. The third-order valence-corrected chi connectivity index (χ3v) is 6.91. The van der Waals surface area contributed by atoms with Crippen LogP contribution < -0.4 is 0 Å². The monoisotopic (exact) mass is 378 g/mol. The number of thioether (sulfide) groups is 1. The van der Waals surface area contributed by atoms with Crippen LogP contribution in [0.25, 0.3) is 4.91 Å². The van der Waals surface area contributed by atoms with Gasteiger partial charge in [-0.2, -0.15) is 0 Å². The summed E-state index contributed by atoms with van der Waals surface area (Å²) in [6.45, 7) is 2.30. The van der Waals surface area contributed by atoms with E-state index in [4.69, 9.17) is 4.74 Å². The number of esters is 1. The van der Waals surface area contributed by atoms with Crippen LogP contribution >= 0.6 is 27.7 Å². The van der Waals surface area contributed by atoms with Crippen molar-refractivity contribution in [3.8, 4) is 0 Å². The minimum absolute atomic E-state index is 0.0129. The van der Waals surface area contributed by atoms with E-state index in [9.17, 15) is 4.79 Å². The van der Waals surface area contributed by atoms with Gasteiger partial charge < -0.3 is 0 Å². The van der Waals surface area contributed by atoms with Crippen molar-refractivity contribution in [2.45, 2.75) is 11.1 Å². The fourth-order valence-corrected chi connectivity index (χ4v) is 5.51. The van der Waals surface area contributed by atoms with Gasteiger partial charge in [-0.15, -0.1) is 0 Å². The van der Waals surface area contributed by atoms with Gasteiger partial charge in [0.2, 0.25) is 0 Å². The Balaban J connectivity index is 2.02. The Bertz CT molecular complexity index is 444. The van der Waals surface area contributed by atoms with E-state index in [1.165, 1.54) is 10.5 Å². The average molecular weight is 378 g/mol. The van der Waals surface area contributed by atoms with Crippen LogP contribution in [-0.2, 0) is 9.53 Å². The molecule has 1 aliphatic rings. The molecule has 0 fully saturated rings. The van der Waals surface area contributed by atoms with Crippen molar-refractivity contribution in [2.24, 2.45) is 0 Å². The molecular weight excluding hydrogens is 367 g/mol. The van der Waals surface area contributed by atoms with Gasteiger partial charge in [0.25, 0.3) is 0 Å². The molecule has 90 valence electrons. The van der Waals surface area contributed by atoms with E-state index in [-0.39, 0.29) is 25.1 Å². The van der Waals surface area contributed by atoms with Gasteiger partial charge in [-0.05, 0) is 0 Å². The van der Waals surface area contributed by atoms with E-state index >= 15 is 0 Å². The predicted octanol–water partition coefficient (Wildman–Crippen LogP) is 3.09. The summed E-state index contributed by atoms with van der Waals surface area (Å²) >= 11 is 5.22. The summed E-state index contributed by atoms with van der Waals surface area (Å²) in [6, 6.07) is 8.15. The number of hydrogen-bond acceptors (Lipinski definition) is 3. The quantitative estimate of drug-likeness (QED) is 0.598. The van der Waals surface area contributed by atoms with Gasteiger partial charge in [-0.1, -0.05) is 0 Å². The van der Waals surface area contributed by atoms with Gasteiger partial charge in [0.15, 0.2) is 0 Å². The van der Waals surface area contributed by atoms with Crippen LogP contribution in [0.1, 0.15) is 12.5 Å². The van der Waals surface area contributed by atoms with Crippen molar-refractivity contribution in [1.82, 2.24) is 0 Å². The molecule has 1 aromatic rings. The fraction of sp³-hybridized carbons (Fsp3) is 0.250. The van der Waals surface area contributed by atoms with Gasteiger partial charge in [-0.3, -0.25) is 0 Å². The first-order valence-corrected chi connectivity index (χ1v) is 8.80. The first-order chi connectivity index (χ1) is 8.20. The van der Waals surface area contributed by atoms with Crippen LogP contribution in [0, 0.1) is 0 Å². The number of hydrogen-bond donors (Lipinski definition) is 0. The molecule has 1 heterocycles. The molecule has 1 aromatic carbocycles. The number of halogens is 1. The second-order valence-electron chi connectivity index (χ2n) is 3.33. The zero-order valence-electron chi connectivity index (χ0n) is 9.18. The third-order valence-electron chi connectivity index (χ3n) is 2.14. The summed E-state index contributed by atoms with van der Waals surface area (Å²) in [5.41, 5.74) is 1.17. The minimum atomic E-state index is -0.0825. The number of carbonyl (C=O) groups is 1. The van der Waals surface area contributed by atoms with E-state index in [0.717, 1.165) is 4.47 Å². The molecular formula is C12H11BrO2SSe. The van der Waals surface area contributed by atoms with Gasteiger partial charge >= 0.3 is 120 Å². The van der Waals surface area contributed by atoms with Gasteiger partial charge in [-0.25, -0.2) is 0 Å². The van der Waals surface area contributed by atoms with E-state index in [1.807, 2.05) is 19.1 Å². The standard InChI is InChI=1S/C12H11BrO2SSe/c1-2-15-11(14)12-16-10(7-17-12)8-3-5-9(13)6-4-8/h3-7,12H,2H2,1H3. The first kappa shape index (κ1) is 13.2. The molecule has 0 saturated heterocycles. The molecule has 0 saturated carbocycles. The molecule has 0 aliphatic carbocycles. The average Bonchev–Trinajstić information content (AvgIpc) is 2.80. The van der Waals surface area contributed by atoms with Gasteiger partial charge in [0.05, 0.1) is 0 Å². The molecule has 17 heavy (non-hydrogen) atoms. The maximum absolute atomic E-state index is 11.6. The van der Waals surface area contributed by atoms with Crippen LogP contribution in [0.15, 0.2) is 33.7 Å². The molecule has 5 heteroatoms. The Morgan fingerprint density at radius 3 is 2.82 bits per heavy atom. The number of rotatable bonds is 3. The molecule has 1 unspecified atom stereocenters. The van der Waals surface area contributed by atoms with Crippen molar-refractivity contribution in [3.05, 3.63) is 39.3 Å². The summed E-state index contributed by atoms with van der Waals surface area (Å²) in [5.74, 6) is -0.0825. The molecule has 2 nitrogen and oxygen atoms in total. The number of benzene rings is 1. The first-order valence-electron chi connectivity index (χ1n) is 5.15. The number of carbonyl (C=O) groups excluding carboxylic acids is 1. The van der Waals surface area contributed by atoms with E-state index in [0.29, 0.717) is 6.61 Å². The molecule has 1 aliphatic heterocycles. The van der Waals surface area contributed by atoms with Gasteiger partial charge in [0.1, 0.15) is 0 Å². The summed E-state index contributed by atoms with van der Waals surface area (Å²) in [5, 5.41) is 0. The van der Waals surface area contributed by atoms with Crippen molar-refractivity contribution < 1.29 is 9.53 Å². The molecule has 2 rings (SSSR count). The van der Waals surface area contributed by atoms with E-state index in [2.05, 4.69) is 33.0 Å². The van der Waals surface area contributed by atoms with Crippen molar-refractivity contribution in [2.75, 3.05) is 6.61 Å². The Morgan fingerprint density at radius 2 is 2.18 bits per heavy atom. The third kappa shape index (κ3) is 3.38. The summed E-state index contributed by atoms with van der Waals surface area (Å²) < 4.78 is 6.10. The van der Waals surface area contributed by atoms with Crippen LogP contribution in [0.2, 0.25) is 0 Å². The van der Waals surface area contributed by atoms with Crippen molar-refractivity contribution in [3.63, 3.8) is 0 Å². The van der Waals surface area contributed by atoms with Crippen LogP contribution in [0.3, 0.4) is 0 Å². The summed E-state index contributed by atoms with van der Waals surface area (Å²) in [7, 11) is 0. The second kappa shape index (κ2) is 6.10. The molecule has 0 aromatic heterocycles. The molecule has 0 bridgehead atoms. The molecule has 0 amide bonds. The predicted molar refractivity (Wildman–Crippen MR) is 75.9 cm³/mol. The van der Waals surface area contributed by atoms with E-state index < -0.39 is 0 Å². The summed E-state index contributed by atoms with van der Waals surface area (Å²) in [6.07, 6.45) is 0. The van der Waals surface area contributed by atoms with Gasteiger partial charge in [0, 0.05) is 0 Å². The zero-order chi connectivity index (χ0) is 12.3.